The fourth-order valence-electron chi connectivity index (χ4n) is 2.24. The van der Waals surface area contributed by atoms with Crippen molar-refractivity contribution < 1.29 is 9.53 Å². The number of hydrogen-bond acceptors (Lipinski definition) is 2. The highest BCUT2D eigenvalue weighted by Crippen LogP contribution is 2.29. The second-order valence-corrected chi connectivity index (χ2v) is 5.66. The van der Waals surface area contributed by atoms with Gasteiger partial charge in [-0.1, -0.05) is 0 Å². The number of aromatic amines is 1. The average molecular weight is 272 g/mol. The Morgan fingerprint density at radius 1 is 1.45 bits per heavy atom. The van der Waals surface area contributed by atoms with E-state index in [2.05, 4.69) is 16.4 Å². The molecule has 1 amide bonds. The maximum atomic E-state index is 12.0. The van der Waals surface area contributed by atoms with Crippen molar-refractivity contribution in [1.29, 1.82) is 0 Å². The largest absolute Gasteiger partial charge is 0.368 e. The summed E-state index contributed by atoms with van der Waals surface area (Å²) in [5, 5.41) is 4.01. The topological polar surface area (TPSA) is 54.1 Å². The van der Waals surface area contributed by atoms with E-state index in [0.717, 1.165) is 22.3 Å². The van der Waals surface area contributed by atoms with Gasteiger partial charge in [0.05, 0.1) is 6.61 Å². The van der Waals surface area contributed by atoms with Gasteiger partial charge >= 0.3 is 0 Å². The number of nitrogens with one attached hydrogen (secondary N) is 2. The lowest BCUT2D eigenvalue weighted by Crippen LogP contribution is -2.28. The first-order valence-electron chi connectivity index (χ1n) is 7.13. The summed E-state index contributed by atoms with van der Waals surface area (Å²) >= 11 is 0. The monoisotopic (exact) mass is 272 g/mol. The van der Waals surface area contributed by atoms with Crippen LogP contribution in [0.3, 0.4) is 0 Å². The highest BCUT2D eigenvalue weighted by Gasteiger charge is 2.24. The minimum absolute atomic E-state index is 0.0859. The first-order valence-corrected chi connectivity index (χ1v) is 7.13. The molecule has 4 nitrogen and oxygen atoms in total. The summed E-state index contributed by atoms with van der Waals surface area (Å²) in [6.07, 6.45) is 2.06. The van der Waals surface area contributed by atoms with Crippen molar-refractivity contribution >= 4 is 22.5 Å². The summed E-state index contributed by atoms with van der Waals surface area (Å²) in [6, 6.07) is 7.93. The zero-order valence-electron chi connectivity index (χ0n) is 11.9. The highest BCUT2D eigenvalue weighted by atomic mass is 16.5. The number of anilines is 1. The van der Waals surface area contributed by atoms with Crippen LogP contribution in [0.25, 0.3) is 10.9 Å². The number of carbonyl (C=O) groups is 1. The molecule has 0 saturated heterocycles. The Morgan fingerprint density at radius 3 is 3.00 bits per heavy atom. The second-order valence-electron chi connectivity index (χ2n) is 5.66. The number of H-pyrrole nitrogens is 1. The molecule has 3 rings (SSSR count). The van der Waals surface area contributed by atoms with E-state index in [1.54, 1.807) is 6.92 Å². The number of aryl methyl sites for hydroxylation is 1. The van der Waals surface area contributed by atoms with Crippen LogP contribution in [-0.4, -0.2) is 23.6 Å². The van der Waals surface area contributed by atoms with Crippen LogP contribution in [0.2, 0.25) is 0 Å². The smallest absolute Gasteiger partial charge is 0.253 e. The molecule has 1 atom stereocenters. The van der Waals surface area contributed by atoms with Crippen LogP contribution in [0.4, 0.5) is 5.69 Å². The average Bonchev–Trinajstić information content (AvgIpc) is 3.16. The van der Waals surface area contributed by atoms with Gasteiger partial charge in [0.25, 0.3) is 5.91 Å². The van der Waals surface area contributed by atoms with Crippen LogP contribution < -0.4 is 5.32 Å². The fraction of sp³-hybridized carbons (Fsp3) is 0.438. The number of hydrogen-bond donors (Lipinski definition) is 2. The molecule has 1 aromatic heterocycles. The molecule has 0 spiro atoms. The third kappa shape index (κ3) is 3.02. The third-order valence-electron chi connectivity index (χ3n) is 3.67. The summed E-state index contributed by atoms with van der Waals surface area (Å²) in [6.45, 7) is 4.52. The Morgan fingerprint density at radius 2 is 2.25 bits per heavy atom. The van der Waals surface area contributed by atoms with E-state index in [1.807, 2.05) is 25.1 Å². The molecule has 1 aliphatic rings. The SMILES string of the molecule is Cc1cc2cc(NC(=O)C(C)OCC3CC3)ccc2[nH]1. The van der Waals surface area contributed by atoms with Crippen molar-refractivity contribution in [1.82, 2.24) is 4.98 Å². The second kappa shape index (κ2) is 5.29. The van der Waals surface area contributed by atoms with Gasteiger partial charge in [0, 0.05) is 22.3 Å². The molecule has 4 heteroatoms. The zero-order chi connectivity index (χ0) is 14.1. The van der Waals surface area contributed by atoms with Gasteiger partial charge in [-0.3, -0.25) is 4.79 Å². The van der Waals surface area contributed by atoms with Crippen LogP contribution in [0, 0.1) is 12.8 Å². The summed E-state index contributed by atoms with van der Waals surface area (Å²) in [5.74, 6) is 0.585. The zero-order valence-corrected chi connectivity index (χ0v) is 11.9. The molecule has 1 aliphatic carbocycles. The lowest BCUT2D eigenvalue weighted by Gasteiger charge is -2.13. The van der Waals surface area contributed by atoms with Crippen LogP contribution in [0.1, 0.15) is 25.5 Å². The molecule has 1 aromatic carbocycles. The maximum absolute atomic E-state index is 12.0. The lowest BCUT2D eigenvalue weighted by atomic mass is 10.2. The molecule has 106 valence electrons. The van der Waals surface area contributed by atoms with Crippen molar-refractivity contribution in [2.45, 2.75) is 32.8 Å². The van der Waals surface area contributed by atoms with Gasteiger partial charge in [0.1, 0.15) is 6.10 Å². The first kappa shape index (κ1) is 13.2. The van der Waals surface area contributed by atoms with E-state index in [4.69, 9.17) is 4.74 Å². The van der Waals surface area contributed by atoms with Crippen molar-refractivity contribution in [3.05, 3.63) is 30.0 Å². The van der Waals surface area contributed by atoms with Crippen LogP contribution in [-0.2, 0) is 9.53 Å². The molecule has 1 fully saturated rings. The van der Waals surface area contributed by atoms with Crippen LogP contribution >= 0.6 is 0 Å². The summed E-state index contributed by atoms with van der Waals surface area (Å²) in [7, 11) is 0. The molecule has 0 aliphatic heterocycles. The van der Waals surface area contributed by atoms with E-state index in [0.29, 0.717) is 12.5 Å². The molecular weight excluding hydrogens is 252 g/mol. The van der Waals surface area contributed by atoms with Crippen molar-refractivity contribution in [3.63, 3.8) is 0 Å². The van der Waals surface area contributed by atoms with Gasteiger partial charge < -0.3 is 15.0 Å². The molecular formula is C16H20N2O2. The van der Waals surface area contributed by atoms with E-state index in [9.17, 15) is 4.79 Å². The van der Waals surface area contributed by atoms with Crippen LogP contribution in [0.15, 0.2) is 24.3 Å². The number of rotatable bonds is 5. The molecule has 20 heavy (non-hydrogen) atoms. The van der Waals surface area contributed by atoms with Crippen molar-refractivity contribution in [3.8, 4) is 0 Å². The molecule has 0 radical (unpaired) electrons. The highest BCUT2D eigenvalue weighted by molar-refractivity contribution is 5.96. The minimum atomic E-state index is -0.403. The Labute approximate surface area is 118 Å². The minimum Gasteiger partial charge on any atom is -0.368 e. The Kier molecular flexibility index (Phi) is 3.49. The van der Waals surface area contributed by atoms with Crippen molar-refractivity contribution in [2.75, 3.05) is 11.9 Å². The lowest BCUT2D eigenvalue weighted by molar-refractivity contribution is -0.126. The number of aromatic nitrogens is 1. The van der Waals surface area contributed by atoms with E-state index >= 15 is 0 Å². The summed E-state index contributed by atoms with van der Waals surface area (Å²) < 4.78 is 5.57. The Bertz CT molecular complexity index is 628. The van der Waals surface area contributed by atoms with Gasteiger partial charge in [0.15, 0.2) is 0 Å². The van der Waals surface area contributed by atoms with E-state index in [-0.39, 0.29) is 5.91 Å². The first-order chi connectivity index (χ1) is 9.61. The quantitative estimate of drug-likeness (QED) is 0.878. The van der Waals surface area contributed by atoms with Gasteiger partial charge in [-0.15, -0.1) is 0 Å². The number of amides is 1. The van der Waals surface area contributed by atoms with Gasteiger partial charge in [-0.2, -0.15) is 0 Å². The summed E-state index contributed by atoms with van der Waals surface area (Å²) in [5.41, 5.74) is 3.01. The van der Waals surface area contributed by atoms with Crippen LogP contribution in [0.5, 0.6) is 0 Å². The van der Waals surface area contributed by atoms with E-state index in [1.165, 1.54) is 12.8 Å². The van der Waals surface area contributed by atoms with E-state index < -0.39 is 6.10 Å². The van der Waals surface area contributed by atoms with Crippen molar-refractivity contribution in [2.24, 2.45) is 5.92 Å². The van der Waals surface area contributed by atoms with Gasteiger partial charge in [-0.05, 0) is 56.9 Å². The summed E-state index contributed by atoms with van der Waals surface area (Å²) in [4.78, 5) is 15.3. The predicted molar refractivity (Wildman–Crippen MR) is 79.8 cm³/mol. The molecule has 2 N–H and O–H groups in total. The normalized spacial score (nSPS) is 16.3. The Hall–Kier alpha value is -1.81. The molecule has 0 bridgehead atoms. The fourth-order valence-corrected chi connectivity index (χ4v) is 2.24. The maximum Gasteiger partial charge on any atom is 0.253 e. The predicted octanol–water partition coefficient (Wildman–Crippen LogP) is 3.23. The van der Waals surface area contributed by atoms with Gasteiger partial charge in [0.2, 0.25) is 0 Å². The molecule has 1 saturated carbocycles. The molecule has 2 aromatic rings. The Balaban J connectivity index is 1.63. The van der Waals surface area contributed by atoms with Gasteiger partial charge in [-0.25, -0.2) is 0 Å². The molecule has 1 unspecified atom stereocenters. The number of benzene rings is 1. The number of ether oxygens (including phenoxy) is 1. The number of carbonyl (C=O) groups excluding carboxylic acids is 1. The number of fused-ring (bicyclic) bond motifs is 1. The molecule has 1 heterocycles. The standard InChI is InChI=1S/C16H20N2O2/c1-10-7-13-8-14(5-6-15(13)17-10)18-16(19)11(2)20-9-12-3-4-12/h5-8,11-12,17H,3-4,9H2,1-2H3,(H,18,19). The third-order valence-corrected chi connectivity index (χ3v) is 3.67.